The largest absolute Gasteiger partial charge is 0.381 e. The van der Waals surface area contributed by atoms with Gasteiger partial charge in [0.15, 0.2) is 0 Å². The van der Waals surface area contributed by atoms with Gasteiger partial charge in [0.1, 0.15) is 0 Å². The van der Waals surface area contributed by atoms with Crippen molar-refractivity contribution < 1.29 is 4.74 Å². The van der Waals surface area contributed by atoms with E-state index in [1.54, 1.807) is 0 Å². The molecule has 1 radical (unpaired) electrons. The Morgan fingerprint density at radius 2 is 2.07 bits per heavy atom. The van der Waals surface area contributed by atoms with Crippen LogP contribution in [0.15, 0.2) is 0 Å². The summed E-state index contributed by atoms with van der Waals surface area (Å²) < 4.78 is 5.40. The molecule has 1 atom stereocenters. The fraction of sp³-hybridized carbons (Fsp3) is 0.923. The molecule has 15 heavy (non-hydrogen) atoms. The van der Waals surface area contributed by atoms with E-state index in [0.29, 0.717) is 0 Å². The lowest BCUT2D eigenvalue weighted by Gasteiger charge is -2.26. The minimum Gasteiger partial charge on any atom is -0.381 e. The fourth-order valence-corrected chi connectivity index (χ4v) is 2.88. The zero-order valence-corrected chi connectivity index (χ0v) is 9.95. The van der Waals surface area contributed by atoms with Crippen LogP contribution in [-0.4, -0.2) is 37.2 Å². The zero-order chi connectivity index (χ0) is 10.5. The minimum absolute atomic E-state index is 0.776. The van der Waals surface area contributed by atoms with Crippen molar-refractivity contribution in [3.63, 3.8) is 0 Å². The third-order valence-electron chi connectivity index (χ3n) is 3.94. The number of hydrogen-bond donors (Lipinski definition) is 0. The summed E-state index contributed by atoms with van der Waals surface area (Å²) in [6, 6.07) is 0.776. The molecule has 2 saturated heterocycles. The quantitative estimate of drug-likeness (QED) is 0.707. The van der Waals surface area contributed by atoms with E-state index in [1.165, 1.54) is 45.2 Å². The molecule has 0 aromatic carbocycles. The van der Waals surface area contributed by atoms with Crippen molar-refractivity contribution in [2.75, 3.05) is 26.3 Å². The Morgan fingerprint density at radius 1 is 1.27 bits per heavy atom. The summed E-state index contributed by atoms with van der Waals surface area (Å²) in [5, 5.41) is 0. The summed E-state index contributed by atoms with van der Waals surface area (Å²) in [6.07, 6.45) is 9.17. The molecule has 2 aliphatic rings. The highest BCUT2D eigenvalue weighted by atomic mass is 16.5. The summed E-state index contributed by atoms with van der Waals surface area (Å²) in [5.41, 5.74) is 0. The van der Waals surface area contributed by atoms with E-state index >= 15 is 0 Å². The number of ether oxygens (including phenoxy) is 1. The van der Waals surface area contributed by atoms with Crippen molar-refractivity contribution in [2.45, 2.75) is 45.1 Å². The average Bonchev–Trinajstić information content (AvgIpc) is 2.75. The highest BCUT2D eigenvalue weighted by Gasteiger charge is 2.24. The molecular formula is C13H24NO. The highest BCUT2D eigenvalue weighted by Crippen LogP contribution is 2.25. The maximum atomic E-state index is 5.40. The Labute approximate surface area is 94.0 Å². The highest BCUT2D eigenvalue weighted by molar-refractivity contribution is 4.92. The molecule has 2 fully saturated rings. The van der Waals surface area contributed by atoms with E-state index in [1.807, 2.05) is 0 Å². The van der Waals surface area contributed by atoms with Crippen LogP contribution in [-0.2, 0) is 4.74 Å². The third kappa shape index (κ3) is 3.18. The van der Waals surface area contributed by atoms with Crippen molar-refractivity contribution >= 4 is 0 Å². The van der Waals surface area contributed by atoms with Crippen LogP contribution in [0.25, 0.3) is 0 Å². The lowest BCUT2D eigenvalue weighted by atomic mass is 9.92. The van der Waals surface area contributed by atoms with E-state index in [9.17, 15) is 0 Å². The van der Waals surface area contributed by atoms with Gasteiger partial charge in [0.2, 0.25) is 0 Å². The third-order valence-corrected chi connectivity index (χ3v) is 3.94. The first-order chi connectivity index (χ1) is 7.40. The molecule has 0 N–H and O–H groups in total. The van der Waals surface area contributed by atoms with Crippen molar-refractivity contribution in [1.82, 2.24) is 4.90 Å². The van der Waals surface area contributed by atoms with Crippen LogP contribution in [0.1, 0.15) is 39.0 Å². The molecule has 0 amide bonds. The Hall–Kier alpha value is -0.0800. The number of rotatable bonds is 4. The molecule has 0 spiro atoms. The van der Waals surface area contributed by atoms with Crippen LogP contribution >= 0.6 is 0 Å². The summed E-state index contributed by atoms with van der Waals surface area (Å²) in [5.74, 6) is 0.937. The number of likely N-dealkylation sites (tertiary alicyclic amines) is 1. The molecule has 2 heteroatoms. The predicted molar refractivity (Wildman–Crippen MR) is 62.7 cm³/mol. The van der Waals surface area contributed by atoms with E-state index < -0.39 is 0 Å². The average molecular weight is 210 g/mol. The zero-order valence-electron chi connectivity index (χ0n) is 9.95. The molecule has 2 rings (SSSR count). The van der Waals surface area contributed by atoms with Gasteiger partial charge in [0.05, 0.1) is 0 Å². The van der Waals surface area contributed by atoms with Crippen LogP contribution in [0.2, 0.25) is 0 Å². The standard InChI is InChI=1S/C13H24NO/c1-2-14-9-3-4-13(14)6-5-12-7-10-15-11-8-12/h4,12-13H,2-3,5-11H2,1H3. The first kappa shape index (κ1) is 11.4. The number of hydrogen-bond acceptors (Lipinski definition) is 2. The summed E-state index contributed by atoms with van der Waals surface area (Å²) in [6.45, 7) is 6.78. The van der Waals surface area contributed by atoms with Gasteiger partial charge in [-0.25, -0.2) is 0 Å². The van der Waals surface area contributed by atoms with Crippen molar-refractivity contribution in [3.05, 3.63) is 6.42 Å². The topological polar surface area (TPSA) is 12.5 Å². The maximum absolute atomic E-state index is 5.40. The normalized spacial score (nSPS) is 29.8. The van der Waals surface area contributed by atoms with Gasteiger partial charge in [-0.3, -0.25) is 0 Å². The minimum atomic E-state index is 0.776. The molecule has 2 nitrogen and oxygen atoms in total. The van der Waals surface area contributed by atoms with Crippen molar-refractivity contribution in [1.29, 1.82) is 0 Å². The molecule has 0 aromatic heterocycles. The van der Waals surface area contributed by atoms with E-state index in [0.717, 1.165) is 25.2 Å². The molecular weight excluding hydrogens is 186 g/mol. The molecule has 1 unspecified atom stereocenters. The first-order valence-corrected chi connectivity index (χ1v) is 6.55. The second-order valence-corrected chi connectivity index (χ2v) is 4.85. The second-order valence-electron chi connectivity index (χ2n) is 4.85. The van der Waals surface area contributed by atoms with Gasteiger partial charge in [0, 0.05) is 19.3 Å². The van der Waals surface area contributed by atoms with Crippen LogP contribution in [0.5, 0.6) is 0 Å². The van der Waals surface area contributed by atoms with Gasteiger partial charge in [-0.05, 0) is 57.5 Å². The molecule has 2 aliphatic heterocycles. The smallest absolute Gasteiger partial charge is 0.0468 e. The Kier molecular flexibility index (Phi) is 4.45. The lowest BCUT2D eigenvalue weighted by Crippen LogP contribution is -2.30. The monoisotopic (exact) mass is 210 g/mol. The van der Waals surface area contributed by atoms with Crippen LogP contribution < -0.4 is 0 Å². The van der Waals surface area contributed by atoms with Crippen LogP contribution in [0.4, 0.5) is 0 Å². The van der Waals surface area contributed by atoms with E-state index in [-0.39, 0.29) is 0 Å². The van der Waals surface area contributed by atoms with Gasteiger partial charge >= 0.3 is 0 Å². The number of nitrogens with zero attached hydrogens (tertiary/aromatic N) is 1. The lowest BCUT2D eigenvalue weighted by molar-refractivity contribution is 0.0614. The Bertz CT molecular complexity index is 177. The first-order valence-electron chi connectivity index (χ1n) is 6.55. The molecule has 87 valence electrons. The van der Waals surface area contributed by atoms with Gasteiger partial charge in [-0.15, -0.1) is 0 Å². The maximum Gasteiger partial charge on any atom is 0.0468 e. The Balaban J connectivity index is 1.67. The SMILES string of the molecule is CCN1CC[CH]C1CCC1CCOCC1. The van der Waals surface area contributed by atoms with Crippen molar-refractivity contribution in [3.8, 4) is 0 Å². The van der Waals surface area contributed by atoms with Crippen molar-refractivity contribution in [2.24, 2.45) is 5.92 Å². The van der Waals surface area contributed by atoms with Gasteiger partial charge in [-0.2, -0.15) is 0 Å². The molecule has 0 saturated carbocycles. The van der Waals surface area contributed by atoms with Gasteiger partial charge in [0.25, 0.3) is 0 Å². The summed E-state index contributed by atoms with van der Waals surface area (Å²) in [7, 11) is 0. The van der Waals surface area contributed by atoms with Crippen LogP contribution in [0.3, 0.4) is 0 Å². The molecule has 0 bridgehead atoms. The van der Waals surface area contributed by atoms with Gasteiger partial charge in [-0.1, -0.05) is 6.92 Å². The summed E-state index contributed by atoms with van der Waals surface area (Å²) >= 11 is 0. The summed E-state index contributed by atoms with van der Waals surface area (Å²) in [4.78, 5) is 2.61. The Morgan fingerprint density at radius 3 is 2.80 bits per heavy atom. The fourth-order valence-electron chi connectivity index (χ4n) is 2.88. The molecule has 0 aromatic rings. The van der Waals surface area contributed by atoms with Gasteiger partial charge < -0.3 is 9.64 Å². The molecule has 0 aliphatic carbocycles. The second kappa shape index (κ2) is 5.86. The van der Waals surface area contributed by atoms with E-state index in [2.05, 4.69) is 18.2 Å². The van der Waals surface area contributed by atoms with E-state index in [4.69, 9.17) is 4.74 Å². The van der Waals surface area contributed by atoms with Crippen LogP contribution in [0, 0.1) is 12.3 Å². The predicted octanol–water partition coefficient (Wildman–Crippen LogP) is 2.49. The molecule has 2 heterocycles.